The lowest BCUT2D eigenvalue weighted by Crippen LogP contribution is -2.38. The van der Waals surface area contributed by atoms with E-state index in [4.69, 9.17) is 4.74 Å². The number of benzene rings is 1. The van der Waals surface area contributed by atoms with Crippen LogP contribution in [0.15, 0.2) is 18.2 Å². The molecule has 1 saturated heterocycles. The van der Waals surface area contributed by atoms with Gasteiger partial charge in [-0.1, -0.05) is 6.07 Å². The molecule has 0 spiro atoms. The summed E-state index contributed by atoms with van der Waals surface area (Å²) in [6, 6.07) is 4.30. The van der Waals surface area contributed by atoms with Crippen LogP contribution in [0.1, 0.15) is 38.3 Å². The zero-order valence-corrected chi connectivity index (χ0v) is 12.9. The van der Waals surface area contributed by atoms with Gasteiger partial charge >= 0.3 is 0 Å². The minimum absolute atomic E-state index is 0.00918. The van der Waals surface area contributed by atoms with Crippen molar-refractivity contribution in [2.75, 3.05) is 19.7 Å². The summed E-state index contributed by atoms with van der Waals surface area (Å²) in [6.07, 6.45) is 1.30. The van der Waals surface area contributed by atoms with Crippen molar-refractivity contribution in [2.45, 2.75) is 32.7 Å². The van der Waals surface area contributed by atoms with Crippen LogP contribution in [-0.2, 0) is 9.59 Å². The molecule has 6 heteroatoms. The number of nitrogens with zero attached hydrogens (tertiary/aromatic N) is 1. The third-order valence-corrected chi connectivity index (χ3v) is 3.64. The van der Waals surface area contributed by atoms with E-state index in [0.717, 1.165) is 6.42 Å². The molecule has 1 aromatic rings. The minimum Gasteiger partial charge on any atom is -0.491 e. The van der Waals surface area contributed by atoms with E-state index >= 15 is 0 Å². The summed E-state index contributed by atoms with van der Waals surface area (Å²) in [6.45, 7) is 4.64. The van der Waals surface area contributed by atoms with E-state index in [2.05, 4.69) is 5.32 Å². The summed E-state index contributed by atoms with van der Waals surface area (Å²) in [5, 5.41) is 2.78. The molecule has 1 N–H and O–H groups in total. The van der Waals surface area contributed by atoms with Gasteiger partial charge in [0.25, 0.3) is 0 Å². The molecule has 0 saturated carbocycles. The van der Waals surface area contributed by atoms with Gasteiger partial charge < -0.3 is 15.0 Å². The molecule has 1 aromatic carbocycles. The van der Waals surface area contributed by atoms with Crippen LogP contribution < -0.4 is 10.1 Å². The van der Waals surface area contributed by atoms with Gasteiger partial charge in [0, 0.05) is 13.0 Å². The standard InChI is InChI=1S/C16H21FN2O3/c1-3-22-14-7-6-12(9-13(14)17)11(2)18-15(20)10-19-8-4-5-16(19)21/h6-7,9,11H,3-5,8,10H2,1-2H3,(H,18,20)/t11-/m1/s1. The Morgan fingerprint density at radius 1 is 1.50 bits per heavy atom. The highest BCUT2D eigenvalue weighted by Crippen LogP contribution is 2.22. The first-order valence-electron chi connectivity index (χ1n) is 7.50. The van der Waals surface area contributed by atoms with Crippen molar-refractivity contribution in [3.8, 4) is 5.75 Å². The summed E-state index contributed by atoms with van der Waals surface area (Å²) in [5.41, 5.74) is 0.655. The highest BCUT2D eigenvalue weighted by molar-refractivity contribution is 5.86. The molecule has 0 aromatic heterocycles. The van der Waals surface area contributed by atoms with E-state index in [1.807, 2.05) is 0 Å². The third-order valence-electron chi connectivity index (χ3n) is 3.64. The Morgan fingerprint density at radius 2 is 2.27 bits per heavy atom. The molecular formula is C16H21FN2O3. The molecule has 120 valence electrons. The Kier molecular flexibility index (Phi) is 5.35. The first-order valence-corrected chi connectivity index (χ1v) is 7.50. The third kappa shape index (κ3) is 3.96. The van der Waals surface area contributed by atoms with Crippen molar-refractivity contribution in [1.82, 2.24) is 10.2 Å². The molecule has 1 aliphatic rings. The topological polar surface area (TPSA) is 58.6 Å². The maximum absolute atomic E-state index is 13.8. The number of halogens is 1. The van der Waals surface area contributed by atoms with E-state index < -0.39 is 5.82 Å². The molecule has 0 bridgehead atoms. The molecule has 1 aliphatic heterocycles. The number of hydrogen-bond donors (Lipinski definition) is 1. The number of rotatable bonds is 6. The average Bonchev–Trinajstić information content (AvgIpc) is 2.86. The van der Waals surface area contributed by atoms with Crippen LogP contribution in [0.3, 0.4) is 0 Å². The molecule has 2 amide bonds. The molecule has 22 heavy (non-hydrogen) atoms. The fourth-order valence-corrected chi connectivity index (χ4v) is 2.47. The Balaban J connectivity index is 1.93. The molecule has 0 unspecified atom stereocenters. The minimum atomic E-state index is -0.449. The Hall–Kier alpha value is -2.11. The predicted octanol–water partition coefficient (Wildman–Crippen LogP) is 2.02. The number of hydrogen-bond acceptors (Lipinski definition) is 3. The average molecular weight is 308 g/mol. The van der Waals surface area contributed by atoms with E-state index in [1.165, 1.54) is 6.07 Å². The molecule has 0 radical (unpaired) electrons. The quantitative estimate of drug-likeness (QED) is 0.875. The fraction of sp³-hybridized carbons (Fsp3) is 0.500. The molecule has 1 fully saturated rings. The molecule has 0 aliphatic carbocycles. The predicted molar refractivity (Wildman–Crippen MR) is 79.9 cm³/mol. The van der Waals surface area contributed by atoms with Crippen LogP contribution in [0.5, 0.6) is 5.75 Å². The molecule has 2 rings (SSSR count). The summed E-state index contributed by atoms with van der Waals surface area (Å²) in [5.74, 6) is -0.477. The van der Waals surface area contributed by atoms with Crippen molar-refractivity contribution in [3.63, 3.8) is 0 Å². The van der Waals surface area contributed by atoms with E-state index in [1.54, 1.807) is 30.9 Å². The molecule has 1 atom stereocenters. The van der Waals surface area contributed by atoms with Crippen LogP contribution in [0.25, 0.3) is 0 Å². The van der Waals surface area contributed by atoms with Gasteiger partial charge in [0.05, 0.1) is 19.2 Å². The van der Waals surface area contributed by atoms with Gasteiger partial charge in [-0.2, -0.15) is 0 Å². The van der Waals surface area contributed by atoms with Gasteiger partial charge in [-0.15, -0.1) is 0 Å². The van der Waals surface area contributed by atoms with Gasteiger partial charge in [0.1, 0.15) is 0 Å². The van der Waals surface area contributed by atoms with Crippen LogP contribution in [-0.4, -0.2) is 36.4 Å². The largest absolute Gasteiger partial charge is 0.491 e. The molecular weight excluding hydrogens is 287 g/mol. The van der Waals surface area contributed by atoms with Crippen LogP contribution >= 0.6 is 0 Å². The lowest BCUT2D eigenvalue weighted by atomic mass is 10.1. The Labute approximate surface area is 129 Å². The number of nitrogens with one attached hydrogen (secondary N) is 1. The summed E-state index contributed by atoms with van der Waals surface area (Å²) < 4.78 is 19.0. The van der Waals surface area contributed by atoms with Gasteiger partial charge in [0.2, 0.25) is 11.8 Å². The zero-order chi connectivity index (χ0) is 16.1. The maximum atomic E-state index is 13.8. The highest BCUT2D eigenvalue weighted by Gasteiger charge is 2.23. The first kappa shape index (κ1) is 16.3. The zero-order valence-electron chi connectivity index (χ0n) is 12.9. The fourth-order valence-electron chi connectivity index (χ4n) is 2.47. The maximum Gasteiger partial charge on any atom is 0.240 e. The summed E-state index contributed by atoms with van der Waals surface area (Å²) in [4.78, 5) is 25.0. The van der Waals surface area contributed by atoms with Crippen molar-refractivity contribution >= 4 is 11.8 Å². The molecule has 1 heterocycles. The SMILES string of the molecule is CCOc1ccc([C@@H](C)NC(=O)CN2CCCC2=O)cc1F. The highest BCUT2D eigenvalue weighted by atomic mass is 19.1. The van der Waals surface area contributed by atoms with Gasteiger partial charge in [-0.05, 0) is 38.0 Å². The summed E-state index contributed by atoms with van der Waals surface area (Å²) in [7, 11) is 0. The number of amides is 2. The number of carbonyl (C=O) groups is 2. The van der Waals surface area contributed by atoms with Crippen molar-refractivity contribution in [2.24, 2.45) is 0 Å². The van der Waals surface area contributed by atoms with Gasteiger partial charge in [-0.3, -0.25) is 9.59 Å². The normalized spacial score (nSPS) is 15.8. The number of likely N-dealkylation sites (tertiary alicyclic amines) is 1. The van der Waals surface area contributed by atoms with E-state index in [0.29, 0.717) is 25.1 Å². The van der Waals surface area contributed by atoms with Crippen molar-refractivity contribution < 1.29 is 18.7 Å². The second kappa shape index (κ2) is 7.24. The Bertz CT molecular complexity index is 562. The van der Waals surface area contributed by atoms with Crippen LogP contribution in [0, 0.1) is 5.82 Å². The van der Waals surface area contributed by atoms with Crippen molar-refractivity contribution in [3.05, 3.63) is 29.6 Å². The second-order valence-corrected chi connectivity index (χ2v) is 5.33. The van der Waals surface area contributed by atoms with E-state index in [9.17, 15) is 14.0 Å². The van der Waals surface area contributed by atoms with E-state index in [-0.39, 0.29) is 30.2 Å². The Morgan fingerprint density at radius 3 is 2.86 bits per heavy atom. The molecule has 5 nitrogen and oxygen atoms in total. The van der Waals surface area contributed by atoms with Crippen LogP contribution in [0.4, 0.5) is 4.39 Å². The monoisotopic (exact) mass is 308 g/mol. The second-order valence-electron chi connectivity index (χ2n) is 5.33. The lowest BCUT2D eigenvalue weighted by molar-refractivity contribution is -0.133. The van der Waals surface area contributed by atoms with Gasteiger partial charge in [-0.25, -0.2) is 4.39 Å². The van der Waals surface area contributed by atoms with Crippen LogP contribution in [0.2, 0.25) is 0 Å². The van der Waals surface area contributed by atoms with Crippen molar-refractivity contribution in [1.29, 1.82) is 0 Å². The number of carbonyl (C=O) groups excluding carboxylic acids is 2. The first-order chi connectivity index (χ1) is 10.5. The lowest BCUT2D eigenvalue weighted by Gasteiger charge is -2.19. The summed E-state index contributed by atoms with van der Waals surface area (Å²) >= 11 is 0. The number of ether oxygens (including phenoxy) is 1. The van der Waals surface area contributed by atoms with Gasteiger partial charge in [0.15, 0.2) is 11.6 Å². The smallest absolute Gasteiger partial charge is 0.240 e.